The number of benzene rings is 2. The van der Waals surface area contributed by atoms with Crippen LogP contribution in [0.1, 0.15) is 32.0 Å². The van der Waals surface area contributed by atoms with E-state index in [1.54, 1.807) is 20.8 Å². The van der Waals surface area contributed by atoms with Crippen LogP contribution in [-0.2, 0) is 17.5 Å². The van der Waals surface area contributed by atoms with Gasteiger partial charge in [0.15, 0.2) is 5.69 Å². The Balaban J connectivity index is 1.74. The van der Waals surface area contributed by atoms with Gasteiger partial charge in [0.05, 0.1) is 5.52 Å². The van der Waals surface area contributed by atoms with E-state index in [1.165, 1.54) is 18.2 Å². The molecule has 0 bridgehead atoms. The minimum atomic E-state index is -4.71. The molecule has 2 aromatic carbocycles. The smallest absolute Gasteiger partial charge is 0.435 e. The fourth-order valence-corrected chi connectivity index (χ4v) is 2.91. The molecule has 0 radical (unpaired) electrons. The highest BCUT2D eigenvalue weighted by molar-refractivity contribution is 5.91. The molecular formula is C22H24F3N3O3. The minimum absolute atomic E-state index is 0.0312. The highest BCUT2D eigenvalue weighted by Crippen LogP contribution is 2.35. The molecule has 3 rings (SSSR count). The number of nitrogens with zero attached hydrogens (tertiary/aromatic N) is 2. The quantitative estimate of drug-likeness (QED) is 0.552. The molecule has 0 atom stereocenters. The number of carbonyl (C=O) groups is 1. The maximum Gasteiger partial charge on any atom is 0.435 e. The first-order valence-electron chi connectivity index (χ1n) is 9.75. The fourth-order valence-electron chi connectivity index (χ4n) is 2.91. The number of hydrogen-bond acceptors (Lipinski definition) is 5. The molecule has 0 aliphatic heterocycles. The summed E-state index contributed by atoms with van der Waals surface area (Å²) in [6.45, 7) is 6.37. The predicted molar refractivity (Wildman–Crippen MR) is 110 cm³/mol. The first-order valence-corrected chi connectivity index (χ1v) is 9.75. The van der Waals surface area contributed by atoms with Gasteiger partial charge in [0.2, 0.25) is 0 Å². The first kappa shape index (κ1) is 22.6. The summed E-state index contributed by atoms with van der Waals surface area (Å²) in [4.78, 5) is 12.4. The predicted octanol–water partition coefficient (Wildman–Crippen LogP) is 5.01. The normalized spacial score (nSPS) is 12.2. The van der Waals surface area contributed by atoms with Crippen LogP contribution in [0.3, 0.4) is 0 Å². The van der Waals surface area contributed by atoms with Gasteiger partial charge < -0.3 is 14.8 Å². The van der Waals surface area contributed by atoms with Gasteiger partial charge in [-0.3, -0.25) is 0 Å². The summed E-state index contributed by atoms with van der Waals surface area (Å²) < 4.78 is 51.6. The van der Waals surface area contributed by atoms with Crippen LogP contribution >= 0.6 is 0 Å². The van der Waals surface area contributed by atoms with Gasteiger partial charge in [-0.15, -0.1) is 0 Å². The second-order valence-electron chi connectivity index (χ2n) is 7.93. The molecule has 6 nitrogen and oxygen atoms in total. The second kappa shape index (κ2) is 8.97. The van der Waals surface area contributed by atoms with E-state index in [4.69, 9.17) is 9.47 Å². The van der Waals surface area contributed by atoms with Crippen LogP contribution in [-0.4, -0.2) is 34.6 Å². The monoisotopic (exact) mass is 435 g/mol. The van der Waals surface area contributed by atoms with Crippen molar-refractivity contribution in [3.05, 3.63) is 59.8 Å². The maximum absolute atomic E-state index is 13.4. The van der Waals surface area contributed by atoms with E-state index in [1.807, 2.05) is 30.3 Å². The third kappa shape index (κ3) is 5.97. The third-order valence-corrected chi connectivity index (χ3v) is 4.21. The van der Waals surface area contributed by atoms with Crippen LogP contribution in [0.2, 0.25) is 0 Å². The molecular weight excluding hydrogens is 411 g/mol. The van der Waals surface area contributed by atoms with Gasteiger partial charge in [0, 0.05) is 24.5 Å². The van der Waals surface area contributed by atoms with Crippen LogP contribution in [0.4, 0.5) is 18.0 Å². The number of carbonyl (C=O) groups excluding carboxylic acids is 1. The molecule has 0 aliphatic rings. The molecule has 1 heterocycles. The van der Waals surface area contributed by atoms with E-state index < -0.39 is 23.6 Å². The van der Waals surface area contributed by atoms with Gasteiger partial charge in [0.25, 0.3) is 0 Å². The van der Waals surface area contributed by atoms with E-state index in [2.05, 4.69) is 10.4 Å². The summed E-state index contributed by atoms with van der Waals surface area (Å²) in [6, 6.07) is 13.9. The zero-order valence-electron chi connectivity index (χ0n) is 17.5. The molecule has 31 heavy (non-hydrogen) atoms. The van der Waals surface area contributed by atoms with Gasteiger partial charge in [-0.2, -0.15) is 23.0 Å². The molecule has 0 spiro atoms. The van der Waals surface area contributed by atoms with Gasteiger partial charge >= 0.3 is 12.3 Å². The van der Waals surface area contributed by atoms with Crippen molar-refractivity contribution < 1.29 is 27.4 Å². The Hall–Kier alpha value is -3.07. The summed E-state index contributed by atoms with van der Waals surface area (Å²) in [5.41, 5.74) is -0.933. The van der Waals surface area contributed by atoms with Crippen molar-refractivity contribution >= 4 is 17.0 Å². The van der Waals surface area contributed by atoms with Crippen LogP contribution in [0.25, 0.3) is 10.9 Å². The number of halogens is 3. The van der Waals surface area contributed by atoms with Crippen molar-refractivity contribution in [2.24, 2.45) is 0 Å². The SMILES string of the molecule is CC(C)(C)OC(=O)n1nc(C(F)(F)F)c2ccc(OCCNCc3ccccc3)cc21. The third-order valence-electron chi connectivity index (χ3n) is 4.21. The standard InChI is InChI=1S/C22H24F3N3O3/c1-21(2,3)31-20(29)28-18-13-16(9-10-17(18)19(27-28)22(23,24)25)30-12-11-26-14-15-7-5-4-6-8-15/h4-10,13,26H,11-12,14H2,1-3H3. The van der Waals surface area contributed by atoms with Crippen molar-refractivity contribution in [3.8, 4) is 5.75 Å². The number of ether oxygens (including phenoxy) is 2. The highest BCUT2D eigenvalue weighted by Gasteiger charge is 2.38. The van der Waals surface area contributed by atoms with E-state index in [0.29, 0.717) is 30.1 Å². The average molecular weight is 435 g/mol. The molecule has 0 unspecified atom stereocenters. The largest absolute Gasteiger partial charge is 0.492 e. The van der Waals surface area contributed by atoms with E-state index in [-0.39, 0.29) is 10.9 Å². The maximum atomic E-state index is 13.4. The van der Waals surface area contributed by atoms with Gasteiger partial charge in [-0.25, -0.2) is 4.79 Å². The zero-order valence-corrected chi connectivity index (χ0v) is 17.5. The van der Waals surface area contributed by atoms with E-state index >= 15 is 0 Å². The molecule has 0 aliphatic carbocycles. The number of fused-ring (bicyclic) bond motifs is 1. The molecule has 0 saturated carbocycles. The van der Waals surface area contributed by atoms with Crippen molar-refractivity contribution in [1.82, 2.24) is 15.1 Å². The van der Waals surface area contributed by atoms with Crippen LogP contribution in [0, 0.1) is 0 Å². The molecule has 3 aromatic rings. The molecule has 0 fully saturated rings. The molecule has 9 heteroatoms. The highest BCUT2D eigenvalue weighted by atomic mass is 19.4. The van der Waals surface area contributed by atoms with Gasteiger partial charge in [-0.05, 0) is 38.5 Å². The zero-order chi connectivity index (χ0) is 22.6. The second-order valence-corrected chi connectivity index (χ2v) is 7.93. The Labute approximate surface area is 177 Å². The topological polar surface area (TPSA) is 65.4 Å². The summed E-state index contributed by atoms with van der Waals surface area (Å²) in [6.07, 6.45) is -5.70. The van der Waals surface area contributed by atoms with E-state index in [0.717, 1.165) is 5.56 Å². The van der Waals surface area contributed by atoms with Crippen molar-refractivity contribution in [1.29, 1.82) is 0 Å². The Morgan fingerprint density at radius 1 is 1.10 bits per heavy atom. The van der Waals surface area contributed by atoms with E-state index in [9.17, 15) is 18.0 Å². The van der Waals surface area contributed by atoms with Crippen LogP contribution in [0.5, 0.6) is 5.75 Å². The Kier molecular flexibility index (Phi) is 6.54. The Morgan fingerprint density at radius 3 is 2.45 bits per heavy atom. The lowest BCUT2D eigenvalue weighted by Gasteiger charge is -2.19. The number of aromatic nitrogens is 2. The summed E-state index contributed by atoms with van der Waals surface area (Å²) in [5, 5.41) is 6.50. The van der Waals surface area contributed by atoms with Crippen molar-refractivity contribution in [2.45, 2.75) is 39.1 Å². The van der Waals surface area contributed by atoms with Gasteiger partial charge in [0.1, 0.15) is 18.0 Å². The number of rotatable bonds is 6. The van der Waals surface area contributed by atoms with Crippen LogP contribution in [0.15, 0.2) is 48.5 Å². The summed E-state index contributed by atoms with van der Waals surface area (Å²) in [7, 11) is 0. The summed E-state index contributed by atoms with van der Waals surface area (Å²) in [5.74, 6) is 0.326. The lowest BCUT2D eigenvalue weighted by atomic mass is 10.2. The number of hydrogen-bond donors (Lipinski definition) is 1. The molecule has 1 N–H and O–H groups in total. The number of nitrogens with one attached hydrogen (secondary N) is 1. The Bertz CT molecular complexity index is 1040. The number of alkyl halides is 3. The Morgan fingerprint density at radius 2 is 1.81 bits per heavy atom. The molecule has 0 saturated heterocycles. The first-order chi connectivity index (χ1) is 14.5. The average Bonchev–Trinajstić information content (AvgIpc) is 3.07. The van der Waals surface area contributed by atoms with Crippen LogP contribution < -0.4 is 10.1 Å². The molecule has 0 amide bonds. The molecule has 1 aromatic heterocycles. The van der Waals surface area contributed by atoms with Crippen molar-refractivity contribution in [3.63, 3.8) is 0 Å². The minimum Gasteiger partial charge on any atom is -0.492 e. The summed E-state index contributed by atoms with van der Waals surface area (Å²) >= 11 is 0. The molecule has 166 valence electrons. The van der Waals surface area contributed by atoms with Crippen molar-refractivity contribution in [2.75, 3.05) is 13.2 Å². The lowest BCUT2D eigenvalue weighted by molar-refractivity contribution is -0.140. The fraction of sp³-hybridized carbons (Fsp3) is 0.364. The lowest BCUT2D eigenvalue weighted by Crippen LogP contribution is -2.28. The van der Waals surface area contributed by atoms with Gasteiger partial charge in [-0.1, -0.05) is 30.3 Å².